The molecule has 0 radical (unpaired) electrons. The first-order valence-electron chi connectivity index (χ1n) is 7.58. The van der Waals surface area contributed by atoms with E-state index in [0.717, 1.165) is 12.1 Å². The predicted molar refractivity (Wildman–Crippen MR) is 88.9 cm³/mol. The standard InChI is InChI=1S/C15H21N5O2S/c1-4-11(3)16-14(21)10-23-15-17-18-19-20(15)12-8-6-7-9-13(12)22-5-2/h6-9,11H,4-5,10H2,1-3H3,(H,16,21)/t11-/m0/s1. The van der Waals surface area contributed by atoms with Gasteiger partial charge in [0.1, 0.15) is 11.4 Å². The topological polar surface area (TPSA) is 81.9 Å². The summed E-state index contributed by atoms with van der Waals surface area (Å²) in [4.78, 5) is 11.9. The van der Waals surface area contributed by atoms with Crippen LogP contribution >= 0.6 is 11.8 Å². The summed E-state index contributed by atoms with van der Waals surface area (Å²) in [6, 6.07) is 7.70. The molecule has 1 amide bonds. The molecule has 0 aliphatic heterocycles. The van der Waals surface area contributed by atoms with Gasteiger partial charge < -0.3 is 10.1 Å². The number of nitrogens with one attached hydrogen (secondary N) is 1. The van der Waals surface area contributed by atoms with Crippen LogP contribution in [0.5, 0.6) is 5.75 Å². The Morgan fingerprint density at radius 2 is 2.17 bits per heavy atom. The molecule has 1 heterocycles. The zero-order chi connectivity index (χ0) is 16.7. The molecule has 0 saturated heterocycles. The molecule has 2 rings (SSSR count). The van der Waals surface area contributed by atoms with Crippen LogP contribution in [0.25, 0.3) is 5.69 Å². The highest BCUT2D eigenvalue weighted by Crippen LogP contribution is 2.25. The lowest BCUT2D eigenvalue weighted by Gasteiger charge is -2.12. The largest absolute Gasteiger partial charge is 0.492 e. The van der Waals surface area contributed by atoms with Crippen LogP contribution in [-0.4, -0.2) is 44.5 Å². The number of thioether (sulfide) groups is 1. The molecule has 1 aromatic carbocycles. The van der Waals surface area contributed by atoms with Crippen LogP contribution in [0.1, 0.15) is 27.2 Å². The Morgan fingerprint density at radius 3 is 2.91 bits per heavy atom. The molecule has 1 aromatic heterocycles. The van der Waals surface area contributed by atoms with Crippen LogP contribution in [-0.2, 0) is 4.79 Å². The maximum Gasteiger partial charge on any atom is 0.230 e. The molecular weight excluding hydrogens is 314 g/mol. The first kappa shape index (κ1) is 17.3. The second-order valence-corrected chi connectivity index (χ2v) is 5.88. The van der Waals surface area contributed by atoms with Crippen molar-refractivity contribution < 1.29 is 9.53 Å². The molecule has 0 fully saturated rings. The van der Waals surface area contributed by atoms with Crippen molar-refractivity contribution in [2.24, 2.45) is 0 Å². The van der Waals surface area contributed by atoms with Gasteiger partial charge >= 0.3 is 0 Å². The predicted octanol–water partition coefficient (Wildman–Crippen LogP) is 2.07. The molecule has 0 aliphatic carbocycles. The quantitative estimate of drug-likeness (QED) is 0.744. The third kappa shape index (κ3) is 4.69. The number of benzene rings is 1. The third-order valence-electron chi connectivity index (χ3n) is 3.19. The molecule has 124 valence electrons. The number of nitrogens with zero attached hydrogens (tertiary/aromatic N) is 4. The summed E-state index contributed by atoms with van der Waals surface area (Å²) in [6.07, 6.45) is 0.899. The van der Waals surface area contributed by atoms with Crippen LogP contribution < -0.4 is 10.1 Å². The molecule has 23 heavy (non-hydrogen) atoms. The van der Waals surface area contributed by atoms with Gasteiger partial charge in [-0.25, -0.2) is 0 Å². The molecule has 8 heteroatoms. The van der Waals surface area contributed by atoms with E-state index in [2.05, 4.69) is 20.8 Å². The zero-order valence-corrected chi connectivity index (χ0v) is 14.3. The summed E-state index contributed by atoms with van der Waals surface area (Å²) in [7, 11) is 0. The van der Waals surface area contributed by atoms with Gasteiger partial charge in [-0.05, 0) is 42.8 Å². The van der Waals surface area contributed by atoms with Crippen LogP contribution in [0.2, 0.25) is 0 Å². The SMILES string of the molecule is CCOc1ccccc1-n1nnnc1SCC(=O)N[C@@H](C)CC. The minimum Gasteiger partial charge on any atom is -0.492 e. The van der Waals surface area contributed by atoms with Crippen molar-refractivity contribution in [3.05, 3.63) is 24.3 Å². The van der Waals surface area contributed by atoms with Crippen LogP contribution in [0, 0.1) is 0 Å². The van der Waals surface area contributed by atoms with Crippen molar-refractivity contribution in [2.45, 2.75) is 38.4 Å². The average Bonchev–Trinajstić information content (AvgIpc) is 3.02. The lowest BCUT2D eigenvalue weighted by Crippen LogP contribution is -2.33. The Labute approximate surface area is 139 Å². The Kier molecular flexibility index (Phi) is 6.40. The number of ether oxygens (including phenoxy) is 1. The van der Waals surface area contributed by atoms with Crippen LogP contribution in [0.3, 0.4) is 0 Å². The van der Waals surface area contributed by atoms with Crippen molar-refractivity contribution in [2.75, 3.05) is 12.4 Å². The minimum absolute atomic E-state index is 0.0306. The van der Waals surface area contributed by atoms with E-state index in [1.165, 1.54) is 11.8 Å². The highest BCUT2D eigenvalue weighted by molar-refractivity contribution is 7.99. The van der Waals surface area contributed by atoms with E-state index in [1.54, 1.807) is 4.68 Å². The summed E-state index contributed by atoms with van der Waals surface area (Å²) < 4.78 is 7.19. The van der Waals surface area contributed by atoms with Crippen LogP contribution in [0.4, 0.5) is 0 Å². The molecular formula is C15H21N5O2S. The van der Waals surface area contributed by atoms with Gasteiger partial charge in [-0.15, -0.1) is 5.10 Å². The number of tetrazole rings is 1. The van der Waals surface area contributed by atoms with Gasteiger partial charge in [-0.2, -0.15) is 4.68 Å². The number of amides is 1. The zero-order valence-electron chi connectivity index (χ0n) is 13.5. The summed E-state index contributed by atoms with van der Waals surface area (Å²) >= 11 is 1.30. The first-order valence-corrected chi connectivity index (χ1v) is 8.57. The fourth-order valence-electron chi connectivity index (χ4n) is 1.88. The molecule has 1 atom stereocenters. The number of hydrogen-bond acceptors (Lipinski definition) is 6. The van der Waals surface area contributed by atoms with E-state index in [0.29, 0.717) is 17.5 Å². The van der Waals surface area contributed by atoms with Gasteiger partial charge in [0.15, 0.2) is 0 Å². The van der Waals surface area contributed by atoms with Gasteiger partial charge in [0.05, 0.1) is 12.4 Å². The highest BCUT2D eigenvalue weighted by atomic mass is 32.2. The smallest absolute Gasteiger partial charge is 0.230 e. The van der Waals surface area contributed by atoms with Crippen molar-refractivity contribution >= 4 is 17.7 Å². The summed E-state index contributed by atoms with van der Waals surface area (Å²) in [5.74, 6) is 0.937. The van der Waals surface area contributed by atoms with E-state index in [1.807, 2.05) is 45.0 Å². The minimum atomic E-state index is -0.0306. The molecule has 2 aromatic rings. The summed E-state index contributed by atoms with van der Waals surface area (Å²) in [6.45, 7) is 6.48. The normalized spacial score (nSPS) is 12.0. The second kappa shape index (κ2) is 8.52. The maximum absolute atomic E-state index is 11.9. The number of rotatable bonds is 8. The summed E-state index contributed by atoms with van der Waals surface area (Å²) in [5, 5.41) is 15.2. The molecule has 0 spiro atoms. The van der Waals surface area contributed by atoms with Crippen molar-refractivity contribution in [1.82, 2.24) is 25.5 Å². The van der Waals surface area contributed by atoms with Crippen molar-refractivity contribution in [1.29, 1.82) is 0 Å². The fraction of sp³-hybridized carbons (Fsp3) is 0.467. The molecule has 0 saturated carbocycles. The fourth-order valence-corrected chi connectivity index (χ4v) is 2.57. The summed E-state index contributed by atoms with van der Waals surface area (Å²) in [5.41, 5.74) is 0.754. The number of hydrogen-bond donors (Lipinski definition) is 1. The molecule has 0 bridgehead atoms. The molecule has 1 N–H and O–H groups in total. The third-order valence-corrected chi connectivity index (χ3v) is 4.11. The van der Waals surface area contributed by atoms with Crippen molar-refractivity contribution in [3.63, 3.8) is 0 Å². The Bertz CT molecular complexity index is 646. The lowest BCUT2D eigenvalue weighted by atomic mass is 10.3. The van der Waals surface area contributed by atoms with Gasteiger partial charge in [0.25, 0.3) is 0 Å². The molecule has 0 aliphatic rings. The van der Waals surface area contributed by atoms with E-state index >= 15 is 0 Å². The highest BCUT2D eigenvalue weighted by Gasteiger charge is 2.15. The number of carbonyl (C=O) groups is 1. The van der Waals surface area contributed by atoms with E-state index < -0.39 is 0 Å². The van der Waals surface area contributed by atoms with E-state index in [9.17, 15) is 4.79 Å². The lowest BCUT2D eigenvalue weighted by molar-refractivity contribution is -0.119. The van der Waals surface area contributed by atoms with E-state index in [4.69, 9.17) is 4.74 Å². The number of carbonyl (C=O) groups excluding carboxylic acids is 1. The monoisotopic (exact) mass is 335 g/mol. The molecule has 0 unspecified atom stereocenters. The maximum atomic E-state index is 11.9. The molecule has 7 nitrogen and oxygen atoms in total. The Balaban J connectivity index is 2.10. The van der Waals surface area contributed by atoms with Gasteiger partial charge in [-0.3, -0.25) is 4.79 Å². The Hall–Kier alpha value is -2.09. The second-order valence-electron chi connectivity index (χ2n) is 4.94. The van der Waals surface area contributed by atoms with Crippen LogP contribution in [0.15, 0.2) is 29.4 Å². The Morgan fingerprint density at radius 1 is 1.39 bits per heavy atom. The van der Waals surface area contributed by atoms with Gasteiger partial charge in [-0.1, -0.05) is 30.8 Å². The first-order chi connectivity index (χ1) is 11.2. The van der Waals surface area contributed by atoms with Gasteiger partial charge in [0, 0.05) is 6.04 Å². The number of para-hydroxylation sites is 2. The average molecular weight is 335 g/mol. The van der Waals surface area contributed by atoms with E-state index in [-0.39, 0.29) is 17.7 Å². The number of aromatic nitrogens is 4. The van der Waals surface area contributed by atoms with Gasteiger partial charge in [0.2, 0.25) is 11.1 Å². The van der Waals surface area contributed by atoms with Crippen molar-refractivity contribution in [3.8, 4) is 11.4 Å².